The first kappa shape index (κ1) is 12.8. The van der Waals surface area contributed by atoms with Gasteiger partial charge in [-0.1, -0.05) is 11.6 Å². The maximum Gasteiger partial charge on any atom is 0.144 e. The molecule has 0 aliphatic rings. The van der Waals surface area contributed by atoms with Crippen LogP contribution in [0.5, 0.6) is 0 Å². The van der Waals surface area contributed by atoms with Crippen LogP contribution >= 0.6 is 43.5 Å². The van der Waals surface area contributed by atoms with E-state index in [1.807, 2.05) is 6.07 Å². The second-order valence-corrected chi connectivity index (χ2v) is 5.47. The zero-order valence-electron chi connectivity index (χ0n) is 8.35. The molecule has 1 aromatic heterocycles. The van der Waals surface area contributed by atoms with Gasteiger partial charge in [0.1, 0.15) is 11.6 Å². The second kappa shape index (κ2) is 5.33. The monoisotopic (exact) mass is 378 g/mol. The Bertz CT molecular complexity index is 543. The summed E-state index contributed by atoms with van der Waals surface area (Å²) in [5.41, 5.74) is 0.547. The average molecular weight is 380 g/mol. The molecule has 88 valence electrons. The smallest absolute Gasteiger partial charge is 0.144 e. The van der Waals surface area contributed by atoms with Crippen LogP contribution in [0.1, 0.15) is 0 Å². The highest BCUT2D eigenvalue weighted by molar-refractivity contribution is 9.11. The van der Waals surface area contributed by atoms with Crippen molar-refractivity contribution in [1.29, 1.82) is 0 Å². The number of halogens is 4. The summed E-state index contributed by atoms with van der Waals surface area (Å²) in [7, 11) is 0. The first-order valence-corrected chi connectivity index (χ1v) is 6.55. The van der Waals surface area contributed by atoms with Crippen LogP contribution in [0.3, 0.4) is 0 Å². The highest BCUT2D eigenvalue weighted by Gasteiger charge is 2.04. The Balaban J connectivity index is 2.31. The van der Waals surface area contributed by atoms with Crippen molar-refractivity contribution < 1.29 is 4.39 Å². The Kier molecular flexibility index (Phi) is 4.01. The molecule has 17 heavy (non-hydrogen) atoms. The summed E-state index contributed by atoms with van der Waals surface area (Å²) in [5.74, 6) is 0.197. The molecule has 1 N–H and O–H groups in total. The van der Waals surface area contributed by atoms with E-state index in [9.17, 15) is 4.39 Å². The van der Waals surface area contributed by atoms with Crippen molar-refractivity contribution in [3.63, 3.8) is 0 Å². The molecule has 0 spiro atoms. The number of hydrogen-bond donors (Lipinski definition) is 1. The predicted molar refractivity (Wildman–Crippen MR) is 74.3 cm³/mol. The van der Waals surface area contributed by atoms with E-state index in [-0.39, 0.29) is 0 Å². The van der Waals surface area contributed by atoms with Gasteiger partial charge in [-0.25, -0.2) is 9.37 Å². The molecule has 0 unspecified atom stereocenters. The lowest BCUT2D eigenvalue weighted by Crippen LogP contribution is -1.95. The highest BCUT2D eigenvalue weighted by atomic mass is 79.9. The minimum Gasteiger partial charge on any atom is -0.339 e. The summed E-state index contributed by atoms with van der Waals surface area (Å²) in [6.07, 6.45) is 1.65. The molecule has 0 saturated carbocycles. The first-order valence-electron chi connectivity index (χ1n) is 4.59. The fourth-order valence-electron chi connectivity index (χ4n) is 1.27. The normalized spacial score (nSPS) is 10.4. The zero-order chi connectivity index (χ0) is 12.4. The maximum atomic E-state index is 13.1. The minimum absolute atomic E-state index is 0.334. The van der Waals surface area contributed by atoms with E-state index in [0.717, 1.165) is 8.95 Å². The third-order valence-corrected chi connectivity index (χ3v) is 3.19. The summed E-state index contributed by atoms with van der Waals surface area (Å²) < 4.78 is 14.8. The molecule has 0 amide bonds. The second-order valence-electron chi connectivity index (χ2n) is 3.27. The molecule has 1 heterocycles. The molecular weight excluding hydrogens is 374 g/mol. The molecule has 0 radical (unpaired) electrons. The molecule has 2 nitrogen and oxygen atoms in total. The number of hydrogen-bond acceptors (Lipinski definition) is 2. The van der Waals surface area contributed by atoms with Crippen LogP contribution in [0, 0.1) is 5.82 Å². The number of anilines is 2. The van der Waals surface area contributed by atoms with Crippen LogP contribution in [0.25, 0.3) is 0 Å². The lowest BCUT2D eigenvalue weighted by Gasteiger charge is -2.08. The predicted octanol–water partition coefficient (Wildman–Crippen LogP) is 5.14. The molecule has 0 saturated heterocycles. The number of benzene rings is 1. The van der Waals surface area contributed by atoms with E-state index in [0.29, 0.717) is 16.5 Å². The van der Waals surface area contributed by atoms with Gasteiger partial charge in [-0.2, -0.15) is 0 Å². The maximum absolute atomic E-state index is 13.1. The number of pyridine rings is 1. The van der Waals surface area contributed by atoms with Gasteiger partial charge in [0.15, 0.2) is 0 Å². The van der Waals surface area contributed by atoms with Crippen LogP contribution in [-0.4, -0.2) is 4.98 Å². The lowest BCUT2D eigenvalue weighted by molar-refractivity contribution is 0.628. The average Bonchev–Trinajstić information content (AvgIpc) is 2.21. The van der Waals surface area contributed by atoms with Crippen LogP contribution in [0.4, 0.5) is 15.9 Å². The van der Waals surface area contributed by atoms with Crippen molar-refractivity contribution in [2.24, 2.45) is 0 Å². The SMILES string of the molecule is Fc1cc(Cl)cc(Nc2ncc(Br)cc2Br)c1. The lowest BCUT2D eigenvalue weighted by atomic mass is 10.3. The Morgan fingerprint density at radius 2 is 1.94 bits per heavy atom. The molecule has 0 bridgehead atoms. The summed E-state index contributed by atoms with van der Waals surface area (Å²) >= 11 is 12.4. The van der Waals surface area contributed by atoms with Gasteiger partial charge in [0.25, 0.3) is 0 Å². The highest BCUT2D eigenvalue weighted by Crippen LogP contribution is 2.27. The molecule has 6 heteroatoms. The Morgan fingerprint density at radius 3 is 2.59 bits per heavy atom. The topological polar surface area (TPSA) is 24.9 Å². The molecule has 0 fully saturated rings. The van der Waals surface area contributed by atoms with E-state index in [1.165, 1.54) is 12.1 Å². The van der Waals surface area contributed by atoms with Gasteiger partial charge in [-0.15, -0.1) is 0 Å². The molecule has 2 rings (SSSR count). The Morgan fingerprint density at radius 1 is 1.18 bits per heavy atom. The third kappa shape index (κ3) is 3.40. The molecule has 1 aromatic carbocycles. The fraction of sp³-hybridized carbons (Fsp3) is 0. The van der Waals surface area contributed by atoms with Crippen molar-refractivity contribution in [2.45, 2.75) is 0 Å². The van der Waals surface area contributed by atoms with Crippen LogP contribution < -0.4 is 5.32 Å². The number of aromatic nitrogens is 1. The minimum atomic E-state index is -0.395. The molecule has 2 aromatic rings. The van der Waals surface area contributed by atoms with Gasteiger partial charge < -0.3 is 5.32 Å². The summed E-state index contributed by atoms with van der Waals surface area (Å²) in [6, 6.07) is 6.07. The van der Waals surface area contributed by atoms with Crippen LogP contribution in [0.15, 0.2) is 39.4 Å². The number of nitrogens with one attached hydrogen (secondary N) is 1. The van der Waals surface area contributed by atoms with Crippen molar-refractivity contribution in [2.75, 3.05) is 5.32 Å². The van der Waals surface area contributed by atoms with E-state index in [4.69, 9.17) is 11.6 Å². The quantitative estimate of drug-likeness (QED) is 0.780. The third-order valence-electron chi connectivity index (χ3n) is 1.93. The summed E-state index contributed by atoms with van der Waals surface area (Å²) in [6.45, 7) is 0. The number of nitrogens with zero attached hydrogens (tertiary/aromatic N) is 1. The van der Waals surface area contributed by atoms with Crippen LogP contribution in [0.2, 0.25) is 5.02 Å². The molecule has 0 aliphatic carbocycles. The van der Waals surface area contributed by atoms with E-state index < -0.39 is 5.82 Å². The molecule has 0 aliphatic heterocycles. The summed E-state index contributed by atoms with van der Waals surface area (Å²) in [4.78, 5) is 4.16. The van der Waals surface area contributed by atoms with Crippen LogP contribution in [-0.2, 0) is 0 Å². The van der Waals surface area contributed by atoms with Gasteiger partial charge >= 0.3 is 0 Å². The van der Waals surface area contributed by atoms with Gasteiger partial charge in [0, 0.05) is 21.4 Å². The fourth-order valence-corrected chi connectivity index (χ4v) is 2.58. The van der Waals surface area contributed by atoms with E-state index in [2.05, 4.69) is 42.2 Å². The molecule has 0 atom stereocenters. The van der Waals surface area contributed by atoms with E-state index in [1.54, 1.807) is 12.3 Å². The Labute approximate surface area is 119 Å². The van der Waals surface area contributed by atoms with Gasteiger partial charge in [-0.3, -0.25) is 0 Å². The van der Waals surface area contributed by atoms with E-state index >= 15 is 0 Å². The van der Waals surface area contributed by atoms with Crippen molar-refractivity contribution in [1.82, 2.24) is 4.98 Å². The van der Waals surface area contributed by atoms with Crippen molar-refractivity contribution in [3.8, 4) is 0 Å². The van der Waals surface area contributed by atoms with Gasteiger partial charge in [-0.05, 0) is 56.1 Å². The van der Waals surface area contributed by atoms with Crippen molar-refractivity contribution >= 4 is 55.0 Å². The standard InChI is InChI=1S/C11H6Br2ClFN2/c12-6-1-10(13)11(16-5-6)17-9-3-7(14)2-8(15)4-9/h1-5H,(H,16,17). The first-order chi connectivity index (χ1) is 8.04. The van der Waals surface area contributed by atoms with Gasteiger partial charge in [0.2, 0.25) is 0 Å². The zero-order valence-corrected chi connectivity index (χ0v) is 12.3. The largest absolute Gasteiger partial charge is 0.339 e. The Hall–Kier alpha value is -0.650. The van der Waals surface area contributed by atoms with Crippen molar-refractivity contribution in [3.05, 3.63) is 50.2 Å². The summed E-state index contributed by atoms with van der Waals surface area (Å²) in [5, 5.41) is 3.31. The molecular formula is C11H6Br2ClFN2. The number of rotatable bonds is 2. The van der Waals surface area contributed by atoms with Gasteiger partial charge in [0.05, 0.1) is 4.47 Å².